The van der Waals surface area contributed by atoms with Crippen LogP contribution in [0.25, 0.3) is 5.69 Å². The van der Waals surface area contributed by atoms with E-state index in [0.29, 0.717) is 23.6 Å². The van der Waals surface area contributed by atoms with Gasteiger partial charge in [0.05, 0.1) is 11.8 Å². The summed E-state index contributed by atoms with van der Waals surface area (Å²) in [5, 5.41) is 5.04. The monoisotopic (exact) mass is 264 g/mol. The molecule has 1 aromatic carbocycles. The molecular formula is C13H13ClN2O2. The lowest BCUT2D eigenvalue weighted by atomic mass is 10.3. The Balaban J connectivity index is 1.67. The third-order valence-corrected chi connectivity index (χ3v) is 3.14. The van der Waals surface area contributed by atoms with Crippen molar-refractivity contribution in [3.8, 4) is 11.6 Å². The third kappa shape index (κ3) is 2.49. The number of hydrogen-bond acceptors (Lipinski definition) is 3. The van der Waals surface area contributed by atoms with E-state index in [1.807, 2.05) is 43.5 Å². The first-order valence-electron chi connectivity index (χ1n) is 5.82. The van der Waals surface area contributed by atoms with Crippen LogP contribution in [-0.4, -0.2) is 28.6 Å². The standard InChI is InChI=1S/C13H13ClN2O2/c1-9-12(18-9)8-17-13-6-7-16(15-13)11-4-2-10(14)3-5-11/h2-7,9,12H,8H2,1H3/t9-,12+/m0/s1. The van der Waals surface area contributed by atoms with E-state index in [1.165, 1.54) is 0 Å². The van der Waals surface area contributed by atoms with Crippen LogP contribution in [-0.2, 0) is 4.74 Å². The van der Waals surface area contributed by atoms with Crippen molar-refractivity contribution in [3.05, 3.63) is 41.6 Å². The molecule has 0 unspecified atom stereocenters. The lowest BCUT2D eigenvalue weighted by molar-refractivity contribution is 0.252. The minimum absolute atomic E-state index is 0.214. The van der Waals surface area contributed by atoms with Gasteiger partial charge in [-0.1, -0.05) is 11.6 Å². The van der Waals surface area contributed by atoms with Crippen molar-refractivity contribution in [1.29, 1.82) is 0 Å². The maximum atomic E-state index is 5.84. The van der Waals surface area contributed by atoms with Gasteiger partial charge in [0.1, 0.15) is 12.7 Å². The molecule has 0 N–H and O–H groups in total. The van der Waals surface area contributed by atoms with Crippen LogP contribution >= 0.6 is 11.6 Å². The van der Waals surface area contributed by atoms with E-state index < -0.39 is 0 Å². The zero-order chi connectivity index (χ0) is 12.5. The van der Waals surface area contributed by atoms with Gasteiger partial charge >= 0.3 is 0 Å². The summed E-state index contributed by atoms with van der Waals surface area (Å²) in [6.45, 7) is 2.58. The molecule has 2 aromatic rings. The molecular weight excluding hydrogens is 252 g/mol. The Bertz CT molecular complexity index is 538. The average Bonchev–Trinajstić information content (AvgIpc) is 2.89. The van der Waals surface area contributed by atoms with Gasteiger partial charge in [-0.3, -0.25) is 0 Å². The molecule has 0 bridgehead atoms. The molecule has 1 aliphatic heterocycles. The van der Waals surface area contributed by atoms with Gasteiger partial charge in [0, 0.05) is 17.3 Å². The smallest absolute Gasteiger partial charge is 0.233 e. The van der Waals surface area contributed by atoms with Crippen LogP contribution in [0.3, 0.4) is 0 Å². The van der Waals surface area contributed by atoms with Crippen LogP contribution in [0.1, 0.15) is 6.92 Å². The quantitative estimate of drug-likeness (QED) is 0.797. The van der Waals surface area contributed by atoms with E-state index in [2.05, 4.69) is 5.10 Å². The largest absolute Gasteiger partial charge is 0.474 e. The first-order valence-corrected chi connectivity index (χ1v) is 6.20. The van der Waals surface area contributed by atoms with Crippen LogP contribution in [0, 0.1) is 0 Å². The van der Waals surface area contributed by atoms with Crippen molar-refractivity contribution in [1.82, 2.24) is 9.78 Å². The predicted molar refractivity (Wildman–Crippen MR) is 68.4 cm³/mol. The third-order valence-electron chi connectivity index (χ3n) is 2.89. The maximum Gasteiger partial charge on any atom is 0.233 e. The van der Waals surface area contributed by atoms with Crippen molar-refractivity contribution < 1.29 is 9.47 Å². The van der Waals surface area contributed by atoms with Crippen molar-refractivity contribution >= 4 is 11.6 Å². The van der Waals surface area contributed by atoms with Crippen LogP contribution in [0.5, 0.6) is 5.88 Å². The minimum atomic E-state index is 0.214. The maximum absolute atomic E-state index is 5.84. The average molecular weight is 265 g/mol. The Hall–Kier alpha value is -1.52. The molecule has 3 rings (SSSR count). The summed E-state index contributed by atoms with van der Waals surface area (Å²) in [6.07, 6.45) is 2.38. The Kier molecular flexibility index (Phi) is 2.97. The first-order chi connectivity index (χ1) is 8.72. The molecule has 5 heteroatoms. The van der Waals surface area contributed by atoms with E-state index >= 15 is 0 Å². The number of hydrogen-bond donors (Lipinski definition) is 0. The lowest BCUT2D eigenvalue weighted by Crippen LogP contribution is -2.07. The topological polar surface area (TPSA) is 39.6 Å². The van der Waals surface area contributed by atoms with Crippen molar-refractivity contribution in [2.45, 2.75) is 19.1 Å². The van der Waals surface area contributed by atoms with Gasteiger partial charge in [0.2, 0.25) is 5.88 Å². The summed E-state index contributed by atoms with van der Waals surface area (Å²) in [5.74, 6) is 0.604. The Morgan fingerprint density at radius 3 is 2.72 bits per heavy atom. The van der Waals surface area contributed by atoms with Gasteiger partial charge < -0.3 is 9.47 Å². The van der Waals surface area contributed by atoms with E-state index in [0.717, 1.165) is 5.69 Å². The normalized spacial score (nSPS) is 21.9. The summed E-state index contributed by atoms with van der Waals surface area (Å²) in [4.78, 5) is 0. The minimum Gasteiger partial charge on any atom is -0.474 e. The second-order valence-electron chi connectivity index (χ2n) is 4.27. The van der Waals surface area contributed by atoms with Crippen LogP contribution in [0.4, 0.5) is 0 Å². The van der Waals surface area contributed by atoms with Crippen molar-refractivity contribution in [3.63, 3.8) is 0 Å². The Morgan fingerprint density at radius 2 is 2.06 bits per heavy atom. The van der Waals surface area contributed by atoms with Crippen LogP contribution in [0.2, 0.25) is 5.02 Å². The van der Waals surface area contributed by atoms with Crippen LogP contribution < -0.4 is 4.74 Å². The molecule has 0 saturated carbocycles. The summed E-state index contributed by atoms with van der Waals surface area (Å²) in [7, 11) is 0. The Morgan fingerprint density at radius 1 is 1.33 bits per heavy atom. The molecule has 1 aliphatic rings. The second kappa shape index (κ2) is 4.63. The van der Waals surface area contributed by atoms with Gasteiger partial charge in [-0.2, -0.15) is 0 Å². The molecule has 4 nitrogen and oxygen atoms in total. The predicted octanol–water partition coefficient (Wildman–Crippen LogP) is 2.69. The lowest BCUT2D eigenvalue weighted by Gasteiger charge is -2.01. The molecule has 94 valence electrons. The number of epoxide rings is 1. The highest BCUT2D eigenvalue weighted by Gasteiger charge is 2.34. The van der Waals surface area contributed by atoms with E-state index in [9.17, 15) is 0 Å². The molecule has 1 fully saturated rings. The van der Waals surface area contributed by atoms with E-state index in [-0.39, 0.29) is 6.10 Å². The SMILES string of the molecule is C[C@@H]1O[C@@H]1COc1ccn(-c2ccc(Cl)cc2)n1. The molecule has 18 heavy (non-hydrogen) atoms. The van der Waals surface area contributed by atoms with Gasteiger partial charge in [-0.05, 0) is 31.2 Å². The van der Waals surface area contributed by atoms with Gasteiger partial charge in [0.15, 0.2) is 0 Å². The molecule has 1 saturated heterocycles. The summed E-state index contributed by atoms with van der Waals surface area (Å²) >= 11 is 5.84. The summed E-state index contributed by atoms with van der Waals surface area (Å²) in [6, 6.07) is 9.32. The van der Waals surface area contributed by atoms with Gasteiger partial charge in [-0.15, -0.1) is 5.10 Å². The molecule has 0 aliphatic carbocycles. The van der Waals surface area contributed by atoms with Crippen molar-refractivity contribution in [2.24, 2.45) is 0 Å². The number of benzene rings is 1. The van der Waals surface area contributed by atoms with Gasteiger partial charge in [0.25, 0.3) is 0 Å². The second-order valence-corrected chi connectivity index (χ2v) is 4.70. The molecule has 0 amide bonds. The molecule has 2 atom stereocenters. The molecule has 1 aromatic heterocycles. The first kappa shape index (κ1) is 11.6. The van der Waals surface area contributed by atoms with E-state index in [1.54, 1.807) is 4.68 Å². The molecule has 0 spiro atoms. The number of aromatic nitrogens is 2. The highest BCUT2D eigenvalue weighted by Crippen LogP contribution is 2.22. The summed E-state index contributed by atoms with van der Waals surface area (Å²) < 4.78 is 12.6. The number of nitrogens with zero attached hydrogens (tertiary/aromatic N) is 2. The zero-order valence-corrected chi connectivity index (χ0v) is 10.7. The highest BCUT2D eigenvalue weighted by atomic mass is 35.5. The van der Waals surface area contributed by atoms with Crippen LogP contribution in [0.15, 0.2) is 36.5 Å². The van der Waals surface area contributed by atoms with E-state index in [4.69, 9.17) is 21.1 Å². The highest BCUT2D eigenvalue weighted by molar-refractivity contribution is 6.30. The fourth-order valence-electron chi connectivity index (χ4n) is 1.69. The fourth-order valence-corrected chi connectivity index (χ4v) is 1.82. The fraction of sp³-hybridized carbons (Fsp3) is 0.308. The van der Waals surface area contributed by atoms with Crippen molar-refractivity contribution in [2.75, 3.05) is 6.61 Å². The molecule has 0 radical (unpaired) electrons. The number of ether oxygens (including phenoxy) is 2. The number of halogens is 1. The van der Waals surface area contributed by atoms with Gasteiger partial charge in [-0.25, -0.2) is 4.68 Å². The molecule has 2 heterocycles. The zero-order valence-electron chi connectivity index (χ0n) is 9.91. The summed E-state index contributed by atoms with van der Waals surface area (Å²) in [5.41, 5.74) is 0.949. The Labute approximate surface area is 110 Å². The number of rotatable bonds is 4.